The molecule has 2 unspecified atom stereocenters. The van der Waals surface area contributed by atoms with Crippen LogP contribution in [-0.4, -0.2) is 24.3 Å². The molecule has 2 N–H and O–H groups in total. The van der Waals surface area contributed by atoms with Gasteiger partial charge in [0.1, 0.15) is 17.3 Å². The fraction of sp³-hybridized carbons (Fsp3) is 0.267. The zero-order valence-corrected chi connectivity index (χ0v) is 20.3. The van der Waals surface area contributed by atoms with E-state index < -0.39 is 0 Å². The van der Waals surface area contributed by atoms with E-state index in [1.165, 1.54) is 30.9 Å². The summed E-state index contributed by atoms with van der Waals surface area (Å²) in [5.41, 5.74) is 4.51. The van der Waals surface area contributed by atoms with Crippen LogP contribution in [0.15, 0.2) is 77.7 Å². The standard InChI is InChI=1S/C30H28FNO2S/c31-21-7-12-26-27-11-6-20-17-23(33)8-13-25(20)29(27)30(35-28(26)18-21)19-4-9-24(10-5-19)34-16-14-22-3-1-2-15-32-22/h4-13,17-18,22,30,32-33H,1-3,14-16H2. The Morgan fingerprint density at radius 1 is 0.943 bits per heavy atom. The molecule has 0 aliphatic carbocycles. The van der Waals surface area contributed by atoms with Gasteiger partial charge in [-0.2, -0.15) is 0 Å². The Bertz CT molecular complexity index is 1370. The van der Waals surface area contributed by atoms with Gasteiger partial charge >= 0.3 is 0 Å². The first-order chi connectivity index (χ1) is 17.2. The minimum atomic E-state index is -0.222. The summed E-state index contributed by atoms with van der Waals surface area (Å²) >= 11 is 1.68. The molecule has 0 spiro atoms. The van der Waals surface area contributed by atoms with Gasteiger partial charge in [0.25, 0.3) is 0 Å². The first kappa shape index (κ1) is 22.4. The van der Waals surface area contributed by atoms with Crippen molar-refractivity contribution in [3.63, 3.8) is 0 Å². The van der Waals surface area contributed by atoms with Gasteiger partial charge in [0.2, 0.25) is 0 Å². The number of benzene rings is 4. The quantitative estimate of drug-likeness (QED) is 0.308. The summed E-state index contributed by atoms with van der Waals surface area (Å²) in [7, 11) is 0. The Morgan fingerprint density at radius 2 is 1.80 bits per heavy atom. The fourth-order valence-corrected chi connectivity index (χ4v) is 6.73. The van der Waals surface area contributed by atoms with Gasteiger partial charge in [0, 0.05) is 10.9 Å². The highest BCUT2D eigenvalue weighted by Crippen LogP contribution is 2.54. The number of fused-ring (bicyclic) bond motifs is 5. The maximum Gasteiger partial charge on any atom is 0.124 e. The minimum Gasteiger partial charge on any atom is -0.508 e. The van der Waals surface area contributed by atoms with E-state index in [9.17, 15) is 9.50 Å². The zero-order valence-electron chi connectivity index (χ0n) is 19.5. The molecule has 3 nitrogen and oxygen atoms in total. The Hall–Kier alpha value is -3.02. The van der Waals surface area contributed by atoms with Crippen molar-refractivity contribution < 1.29 is 14.2 Å². The van der Waals surface area contributed by atoms with Crippen molar-refractivity contribution in [1.82, 2.24) is 5.32 Å². The molecule has 2 atom stereocenters. The van der Waals surface area contributed by atoms with Crippen LogP contribution in [-0.2, 0) is 0 Å². The number of phenols is 1. The highest BCUT2D eigenvalue weighted by Gasteiger charge is 2.29. The molecule has 2 aliphatic heterocycles. The number of hydrogen-bond acceptors (Lipinski definition) is 4. The van der Waals surface area contributed by atoms with Crippen LogP contribution in [0.3, 0.4) is 0 Å². The summed E-state index contributed by atoms with van der Waals surface area (Å²) in [6.45, 7) is 1.82. The smallest absolute Gasteiger partial charge is 0.124 e. The molecule has 4 aromatic carbocycles. The van der Waals surface area contributed by atoms with Crippen molar-refractivity contribution in [3.8, 4) is 22.6 Å². The van der Waals surface area contributed by atoms with Crippen LogP contribution in [0.5, 0.6) is 11.5 Å². The third kappa shape index (κ3) is 4.51. The van der Waals surface area contributed by atoms with Crippen LogP contribution in [0.4, 0.5) is 4.39 Å². The number of hydrogen-bond donors (Lipinski definition) is 2. The monoisotopic (exact) mass is 485 g/mol. The SMILES string of the molecule is Oc1ccc2c3c(ccc2c1)-c1ccc(F)cc1SC3c1ccc(OCCC2CCCCN2)cc1. The summed E-state index contributed by atoms with van der Waals surface area (Å²) < 4.78 is 20.2. The van der Waals surface area contributed by atoms with Crippen molar-refractivity contribution in [2.75, 3.05) is 13.2 Å². The Balaban J connectivity index is 1.31. The van der Waals surface area contributed by atoms with Crippen LogP contribution in [0, 0.1) is 5.82 Å². The van der Waals surface area contributed by atoms with Gasteiger partial charge in [-0.25, -0.2) is 4.39 Å². The van der Waals surface area contributed by atoms with Gasteiger partial charge in [-0.05, 0) is 95.2 Å². The first-order valence-electron chi connectivity index (χ1n) is 12.3. The van der Waals surface area contributed by atoms with Crippen LogP contribution >= 0.6 is 11.8 Å². The molecule has 1 saturated heterocycles. The van der Waals surface area contributed by atoms with Crippen LogP contribution < -0.4 is 10.1 Å². The molecule has 0 saturated carbocycles. The third-order valence-electron chi connectivity index (χ3n) is 7.12. The van der Waals surface area contributed by atoms with E-state index in [4.69, 9.17) is 4.74 Å². The number of rotatable bonds is 5. The van der Waals surface area contributed by atoms with Crippen molar-refractivity contribution in [2.24, 2.45) is 0 Å². The highest BCUT2D eigenvalue weighted by atomic mass is 32.2. The number of aromatic hydroxyl groups is 1. The Morgan fingerprint density at radius 3 is 2.63 bits per heavy atom. The van der Waals surface area contributed by atoms with Crippen LogP contribution in [0.1, 0.15) is 42.1 Å². The molecular weight excluding hydrogens is 457 g/mol. The number of nitrogens with one attached hydrogen (secondary N) is 1. The number of halogens is 1. The van der Waals surface area contributed by atoms with Crippen molar-refractivity contribution >= 4 is 22.5 Å². The van der Waals surface area contributed by atoms with Gasteiger partial charge < -0.3 is 15.2 Å². The van der Waals surface area contributed by atoms with E-state index in [1.54, 1.807) is 30.0 Å². The van der Waals surface area contributed by atoms with E-state index in [0.717, 1.165) is 51.1 Å². The summed E-state index contributed by atoms with van der Waals surface area (Å²) in [6.07, 6.45) is 4.83. The van der Waals surface area contributed by atoms with Gasteiger partial charge in [0.05, 0.1) is 11.9 Å². The maximum atomic E-state index is 14.1. The number of ether oxygens (including phenoxy) is 1. The van der Waals surface area contributed by atoms with Crippen molar-refractivity contribution in [3.05, 3.63) is 89.7 Å². The predicted octanol–water partition coefficient (Wildman–Crippen LogP) is 7.46. The van der Waals surface area contributed by atoms with E-state index in [0.29, 0.717) is 12.6 Å². The zero-order chi connectivity index (χ0) is 23.8. The van der Waals surface area contributed by atoms with Gasteiger partial charge in [-0.15, -0.1) is 11.8 Å². The van der Waals surface area contributed by atoms with E-state index >= 15 is 0 Å². The molecule has 178 valence electrons. The average Bonchev–Trinajstić information content (AvgIpc) is 2.88. The fourth-order valence-electron chi connectivity index (χ4n) is 5.32. The molecule has 1 fully saturated rings. The molecule has 35 heavy (non-hydrogen) atoms. The Kier molecular flexibility index (Phi) is 6.13. The second-order valence-corrected chi connectivity index (χ2v) is 10.6. The molecular formula is C30H28FNO2S. The van der Waals surface area contributed by atoms with Crippen LogP contribution in [0.25, 0.3) is 21.9 Å². The lowest BCUT2D eigenvalue weighted by Gasteiger charge is -2.29. The van der Waals surface area contributed by atoms with Gasteiger partial charge in [-0.3, -0.25) is 0 Å². The largest absolute Gasteiger partial charge is 0.508 e. The third-order valence-corrected chi connectivity index (χ3v) is 8.45. The lowest BCUT2D eigenvalue weighted by molar-refractivity contribution is 0.268. The van der Waals surface area contributed by atoms with Crippen molar-refractivity contribution in [1.29, 1.82) is 0 Å². The second kappa shape index (κ2) is 9.56. The lowest BCUT2D eigenvalue weighted by atomic mass is 9.89. The predicted molar refractivity (Wildman–Crippen MR) is 141 cm³/mol. The summed E-state index contributed by atoms with van der Waals surface area (Å²) in [5, 5.41) is 15.7. The summed E-state index contributed by atoms with van der Waals surface area (Å²) in [4.78, 5) is 0.945. The topological polar surface area (TPSA) is 41.5 Å². The summed E-state index contributed by atoms with van der Waals surface area (Å²) in [6, 6.07) is 23.6. The summed E-state index contributed by atoms with van der Waals surface area (Å²) in [5.74, 6) is 0.908. The molecule has 2 heterocycles. The highest BCUT2D eigenvalue weighted by molar-refractivity contribution is 8.00. The normalized spacial score (nSPS) is 19.2. The number of piperidine rings is 1. The average molecular weight is 486 g/mol. The molecule has 0 aromatic heterocycles. The number of phenolic OH excluding ortho intramolecular Hbond substituents is 1. The molecule has 0 radical (unpaired) electrons. The second-order valence-electron chi connectivity index (χ2n) is 9.42. The molecule has 0 amide bonds. The van der Waals surface area contributed by atoms with Crippen LogP contribution in [0.2, 0.25) is 0 Å². The molecule has 5 heteroatoms. The van der Waals surface area contributed by atoms with Gasteiger partial charge in [-0.1, -0.05) is 42.8 Å². The molecule has 6 rings (SSSR count). The van der Waals surface area contributed by atoms with E-state index in [1.807, 2.05) is 30.3 Å². The Labute approximate surface area is 209 Å². The molecule has 2 aliphatic rings. The lowest BCUT2D eigenvalue weighted by Crippen LogP contribution is -2.35. The molecule has 4 aromatic rings. The molecule has 0 bridgehead atoms. The van der Waals surface area contributed by atoms with Crippen molar-refractivity contribution in [2.45, 2.75) is 41.9 Å². The maximum absolute atomic E-state index is 14.1. The van der Waals surface area contributed by atoms with E-state index in [2.05, 4.69) is 23.5 Å². The first-order valence-corrected chi connectivity index (χ1v) is 13.2. The minimum absolute atomic E-state index is 0.00744. The number of thioether (sulfide) groups is 1. The van der Waals surface area contributed by atoms with Gasteiger partial charge in [0.15, 0.2) is 0 Å². The van der Waals surface area contributed by atoms with E-state index in [-0.39, 0.29) is 16.8 Å².